The van der Waals surface area contributed by atoms with Gasteiger partial charge < -0.3 is 9.84 Å². The van der Waals surface area contributed by atoms with Gasteiger partial charge in [-0.05, 0) is 53.6 Å². The van der Waals surface area contributed by atoms with Crippen molar-refractivity contribution in [3.8, 4) is 21.9 Å². The van der Waals surface area contributed by atoms with Gasteiger partial charge in [0.1, 0.15) is 11.5 Å². The lowest BCUT2D eigenvalue weighted by Gasteiger charge is -2.02. The Hall–Kier alpha value is -2.59. The minimum atomic E-state index is -0.0679. The summed E-state index contributed by atoms with van der Waals surface area (Å²) in [5.74, 6) is 0.995. The summed E-state index contributed by atoms with van der Waals surface area (Å²) in [6.45, 7) is 0.741. The highest BCUT2D eigenvalue weighted by Gasteiger charge is 2.16. The van der Waals surface area contributed by atoms with Crippen molar-refractivity contribution in [1.82, 2.24) is 0 Å². The van der Waals surface area contributed by atoms with E-state index >= 15 is 0 Å². The number of rotatable bonds is 3. The minimum Gasteiger partial charge on any atom is -0.508 e. The average molecular weight is 322 g/mol. The van der Waals surface area contributed by atoms with Crippen molar-refractivity contribution in [2.24, 2.45) is 0 Å². The van der Waals surface area contributed by atoms with E-state index in [4.69, 9.17) is 4.74 Å². The van der Waals surface area contributed by atoms with Crippen LogP contribution in [0.1, 0.15) is 20.8 Å². The van der Waals surface area contributed by atoms with E-state index in [1.807, 2.05) is 24.3 Å². The molecule has 1 N–H and O–H groups in total. The second-order valence-corrected chi connectivity index (χ2v) is 6.55. The van der Waals surface area contributed by atoms with Crippen LogP contribution < -0.4 is 4.74 Å². The molecule has 2 aromatic carbocycles. The average Bonchev–Trinajstić information content (AvgIpc) is 3.22. The molecular formula is C19H14O3S. The maximum absolute atomic E-state index is 12.5. The first kappa shape index (κ1) is 14.0. The van der Waals surface area contributed by atoms with Crippen LogP contribution in [0.2, 0.25) is 0 Å². The third-order valence-corrected chi connectivity index (χ3v) is 5.05. The van der Waals surface area contributed by atoms with E-state index in [2.05, 4.69) is 6.07 Å². The largest absolute Gasteiger partial charge is 0.508 e. The van der Waals surface area contributed by atoms with Gasteiger partial charge in [-0.25, -0.2) is 0 Å². The molecule has 2 heterocycles. The van der Waals surface area contributed by atoms with Crippen LogP contribution in [0, 0.1) is 0 Å². The summed E-state index contributed by atoms with van der Waals surface area (Å²) in [6, 6.07) is 16.4. The highest BCUT2D eigenvalue weighted by Crippen LogP contribution is 2.34. The lowest BCUT2D eigenvalue weighted by atomic mass is 10.1. The molecule has 0 unspecified atom stereocenters. The van der Waals surface area contributed by atoms with Gasteiger partial charge in [0, 0.05) is 16.9 Å². The summed E-state index contributed by atoms with van der Waals surface area (Å²) >= 11 is 1.47. The van der Waals surface area contributed by atoms with Gasteiger partial charge in [-0.2, -0.15) is 0 Å². The minimum absolute atomic E-state index is 0.0679. The number of phenolic OH excluding ortho intramolecular Hbond substituents is 1. The molecule has 1 aliphatic rings. The van der Waals surface area contributed by atoms with Crippen molar-refractivity contribution >= 4 is 17.1 Å². The number of fused-ring (bicyclic) bond motifs is 1. The number of hydrogen-bond acceptors (Lipinski definition) is 4. The van der Waals surface area contributed by atoms with Gasteiger partial charge >= 0.3 is 0 Å². The molecule has 3 aromatic rings. The van der Waals surface area contributed by atoms with Gasteiger partial charge in [-0.1, -0.05) is 12.1 Å². The van der Waals surface area contributed by atoms with E-state index < -0.39 is 0 Å². The number of benzene rings is 2. The fourth-order valence-corrected chi connectivity index (χ4v) is 3.71. The van der Waals surface area contributed by atoms with E-state index in [-0.39, 0.29) is 11.5 Å². The number of thiophene rings is 1. The van der Waals surface area contributed by atoms with Crippen LogP contribution in [0.4, 0.5) is 0 Å². The predicted molar refractivity (Wildman–Crippen MR) is 90.5 cm³/mol. The first-order chi connectivity index (χ1) is 11.2. The molecule has 0 aliphatic carbocycles. The fourth-order valence-electron chi connectivity index (χ4n) is 2.74. The number of ketones is 1. The van der Waals surface area contributed by atoms with Gasteiger partial charge in [0.25, 0.3) is 0 Å². The summed E-state index contributed by atoms with van der Waals surface area (Å²) in [5, 5.41) is 9.52. The summed E-state index contributed by atoms with van der Waals surface area (Å²) in [5.41, 5.74) is 2.83. The normalized spacial score (nSPS) is 12.7. The number of hydrogen-bond donors (Lipinski definition) is 1. The number of aromatic hydroxyl groups is 1. The van der Waals surface area contributed by atoms with Crippen LogP contribution in [-0.4, -0.2) is 17.5 Å². The quantitative estimate of drug-likeness (QED) is 0.732. The van der Waals surface area contributed by atoms with E-state index in [1.54, 1.807) is 18.2 Å². The summed E-state index contributed by atoms with van der Waals surface area (Å²) < 4.78 is 5.53. The standard InChI is InChI=1S/C19H14O3S/c20-15-3-1-2-14(11-15)19(21)18-7-6-17(23-18)13-4-5-16-12(10-13)8-9-22-16/h1-7,10-11,20H,8-9H2. The van der Waals surface area contributed by atoms with Crippen LogP contribution in [0.3, 0.4) is 0 Å². The Balaban J connectivity index is 1.65. The third-order valence-electron chi connectivity index (χ3n) is 3.91. The van der Waals surface area contributed by atoms with Gasteiger partial charge in [0.05, 0.1) is 11.5 Å². The Morgan fingerprint density at radius 1 is 1.09 bits per heavy atom. The van der Waals surface area contributed by atoms with Crippen molar-refractivity contribution in [1.29, 1.82) is 0 Å². The Morgan fingerprint density at radius 3 is 2.87 bits per heavy atom. The maximum Gasteiger partial charge on any atom is 0.203 e. The van der Waals surface area contributed by atoms with Crippen molar-refractivity contribution in [2.75, 3.05) is 6.61 Å². The third kappa shape index (κ3) is 2.62. The fraction of sp³-hybridized carbons (Fsp3) is 0.105. The summed E-state index contributed by atoms with van der Waals surface area (Å²) in [6.07, 6.45) is 0.934. The Morgan fingerprint density at radius 2 is 2.00 bits per heavy atom. The number of carbonyl (C=O) groups excluding carboxylic acids is 1. The number of ether oxygens (including phenoxy) is 1. The van der Waals surface area contributed by atoms with E-state index in [1.165, 1.54) is 23.0 Å². The van der Waals surface area contributed by atoms with E-state index in [0.717, 1.165) is 29.2 Å². The molecule has 114 valence electrons. The summed E-state index contributed by atoms with van der Waals surface area (Å²) in [7, 11) is 0. The molecule has 0 saturated carbocycles. The molecular weight excluding hydrogens is 308 g/mol. The first-order valence-electron chi connectivity index (χ1n) is 7.40. The summed E-state index contributed by atoms with van der Waals surface area (Å²) in [4.78, 5) is 14.2. The molecule has 0 radical (unpaired) electrons. The number of phenols is 1. The molecule has 0 spiro atoms. The molecule has 4 heteroatoms. The van der Waals surface area contributed by atoms with Gasteiger partial charge in [-0.15, -0.1) is 11.3 Å². The first-order valence-corrected chi connectivity index (χ1v) is 8.22. The van der Waals surface area contributed by atoms with Crippen LogP contribution in [0.25, 0.3) is 10.4 Å². The lowest BCUT2D eigenvalue weighted by Crippen LogP contribution is -1.97. The van der Waals surface area contributed by atoms with Crippen LogP contribution >= 0.6 is 11.3 Å². The molecule has 0 atom stereocenters. The van der Waals surface area contributed by atoms with Crippen molar-refractivity contribution in [2.45, 2.75) is 6.42 Å². The topological polar surface area (TPSA) is 46.5 Å². The second kappa shape index (κ2) is 5.56. The van der Waals surface area contributed by atoms with Crippen molar-refractivity contribution in [3.63, 3.8) is 0 Å². The van der Waals surface area contributed by atoms with Crippen molar-refractivity contribution < 1.29 is 14.6 Å². The highest BCUT2D eigenvalue weighted by atomic mass is 32.1. The zero-order valence-electron chi connectivity index (χ0n) is 12.3. The van der Waals surface area contributed by atoms with Gasteiger partial charge in [-0.3, -0.25) is 4.79 Å². The monoisotopic (exact) mass is 322 g/mol. The SMILES string of the molecule is O=C(c1cccc(O)c1)c1ccc(-c2ccc3c(c2)CCO3)s1. The van der Waals surface area contributed by atoms with Crippen LogP contribution in [0.5, 0.6) is 11.5 Å². The molecule has 1 aromatic heterocycles. The molecule has 23 heavy (non-hydrogen) atoms. The Labute approximate surface area is 137 Å². The zero-order chi connectivity index (χ0) is 15.8. The Bertz CT molecular complexity index is 895. The van der Waals surface area contributed by atoms with Crippen molar-refractivity contribution in [3.05, 3.63) is 70.6 Å². The zero-order valence-corrected chi connectivity index (χ0v) is 13.1. The molecule has 3 nitrogen and oxygen atoms in total. The van der Waals surface area contributed by atoms with Gasteiger partial charge in [0.2, 0.25) is 5.78 Å². The highest BCUT2D eigenvalue weighted by molar-refractivity contribution is 7.17. The van der Waals surface area contributed by atoms with Crippen LogP contribution in [0.15, 0.2) is 54.6 Å². The van der Waals surface area contributed by atoms with E-state index in [9.17, 15) is 9.90 Å². The predicted octanol–water partition coefficient (Wildman–Crippen LogP) is 4.29. The smallest absolute Gasteiger partial charge is 0.203 e. The number of carbonyl (C=O) groups is 1. The molecule has 0 amide bonds. The molecule has 0 saturated heterocycles. The lowest BCUT2D eigenvalue weighted by molar-refractivity contribution is 0.104. The molecule has 0 fully saturated rings. The van der Waals surface area contributed by atoms with E-state index in [0.29, 0.717) is 10.4 Å². The molecule has 4 rings (SSSR count). The molecule has 0 bridgehead atoms. The van der Waals surface area contributed by atoms with Gasteiger partial charge in [0.15, 0.2) is 0 Å². The maximum atomic E-state index is 12.5. The second-order valence-electron chi connectivity index (χ2n) is 5.46. The Kier molecular flexibility index (Phi) is 3.39. The van der Waals surface area contributed by atoms with Crippen LogP contribution in [-0.2, 0) is 6.42 Å². The molecule has 1 aliphatic heterocycles.